The summed E-state index contributed by atoms with van der Waals surface area (Å²) < 4.78 is 39.8. The number of nitrogens with one attached hydrogen (secondary N) is 1. The summed E-state index contributed by atoms with van der Waals surface area (Å²) in [5.41, 5.74) is 6.56. The predicted octanol–water partition coefficient (Wildman–Crippen LogP) is 5.55. The smallest absolute Gasteiger partial charge is 0.383 e. The Morgan fingerprint density at radius 1 is 1.28 bits per heavy atom. The molecule has 1 fully saturated rings. The Bertz CT molecular complexity index is 893. The maximum Gasteiger partial charge on any atom is 0.416 e. The zero-order valence-electron chi connectivity index (χ0n) is 16.0. The summed E-state index contributed by atoms with van der Waals surface area (Å²) in [5.74, 6) is -0.669. The van der Waals surface area contributed by atoms with E-state index in [4.69, 9.17) is 17.3 Å². The number of anilines is 1. The Hall–Kier alpha value is -2.28. The van der Waals surface area contributed by atoms with Crippen LogP contribution < -0.4 is 11.1 Å². The fourth-order valence-corrected chi connectivity index (χ4v) is 4.22. The molecule has 0 bridgehead atoms. The summed E-state index contributed by atoms with van der Waals surface area (Å²) >= 11 is 6.27. The molecule has 1 aromatic heterocycles. The van der Waals surface area contributed by atoms with E-state index in [0.29, 0.717) is 24.3 Å². The highest BCUT2D eigenvalue weighted by Crippen LogP contribution is 2.42. The number of rotatable bonds is 5. The van der Waals surface area contributed by atoms with E-state index in [1.165, 1.54) is 0 Å². The van der Waals surface area contributed by atoms with Crippen molar-refractivity contribution in [2.24, 2.45) is 11.7 Å². The average Bonchev–Trinajstić information content (AvgIpc) is 2.67. The molecule has 1 heterocycles. The molecule has 0 saturated heterocycles. The number of nitrogens with zero attached hydrogens (tertiary/aromatic N) is 1. The molecular weight excluding hydrogens is 403 g/mol. The first kappa shape index (κ1) is 21.4. The summed E-state index contributed by atoms with van der Waals surface area (Å²) in [6.07, 6.45) is 2.09. The van der Waals surface area contributed by atoms with E-state index in [0.717, 1.165) is 42.8 Å². The molecule has 0 aliphatic heterocycles. The maximum absolute atomic E-state index is 13.3. The Morgan fingerprint density at radius 2 is 1.97 bits per heavy atom. The largest absolute Gasteiger partial charge is 0.416 e. The van der Waals surface area contributed by atoms with Crippen LogP contribution in [-0.4, -0.2) is 17.4 Å². The van der Waals surface area contributed by atoms with Crippen LogP contribution in [0.25, 0.3) is 0 Å². The van der Waals surface area contributed by atoms with Gasteiger partial charge in [0.25, 0.3) is 0 Å². The summed E-state index contributed by atoms with van der Waals surface area (Å²) in [7, 11) is 0. The molecule has 29 heavy (non-hydrogen) atoms. The molecule has 2 aromatic rings. The van der Waals surface area contributed by atoms with E-state index < -0.39 is 17.6 Å². The van der Waals surface area contributed by atoms with Crippen molar-refractivity contribution >= 4 is 23.2 Å². The van der Waals surface area contributed by atoms with Crippen LogP contribution in [0.5, 0.6) is 0 Å². The van der Waals surface area contributed by atoms with E-state index in [1.54, 1.807) is 12.4 Å². The van der Waals surface area contributed by atoms with E-state index in [1.807, 2.05) is 13.0 Å². The first-order valence-electron chi connectivity index (χ1n) is 9.51. The van der Waals surface area contributed by atoms with Crippen molar-refractivity contribution in [2.45, 2.75) is 44.7 Å². The number of hydrogen-bond donors (Lipinski definition) is 2. The number of carbonyl (C=O) groups excluding carboxylic acids is 1. The minimum atomic E-state index is -4.56. The summed E-state index contributed by atoms with van der Waals surface area (Å²) in [5, 5.41) is 3.44. The van der Waals surface area contributed by atoms with Gasteiger partial charge >= 0.3 is 6.18 Å². The van der Waals surface area contributed by atoms with Gasteiger partial charge in [-0.15, -0.1) is 0 Å². The van der Waals surface area contributed by atoms with Crippen LogP contribution in [0, 0.1) is 12.8 Å². The quantitative estimate of drug-likeness (QED) is 0.660. The molecule has 0 atom stereocenters. The maximum atomic E-state index is 13.3. The third-order valence-electron chi connectivity index (χ3n) is 5.60. The van der Waals surface area contributed by atoms with Crippen LogP contribution in [0.3, 0.4) is 0 Å². The fourth-order valence-electron chi connectivity index (χ4n) is 3.87. The standard InChI is InChI=1S/C21H23ClF3N3O/c1-12-6-7-27-11-18(12)28-10-13-2-4-14(5-3-13)16-8-15(21(23,24)25)9-17(19(16)22)20(26)29/h6-9,11,13-14,28H,2-5,10H2,1H3,(H2,26,29). The molecule has 8 heteroatoms. The van der Waals surface area contributed by atoms with Crippen molar-refractivity contribution < 1.29 is 18.0 Å². The molecule has 0 unspecified atom stereocenters. The molecule has 1 aliphatic rings. The Labute approximate surface area is 172 Å². The van der Waals surface area contributed by atoms with Crippen molar-refractivity contribution in [2.75, 3.05) is 11.9 Å². The highest BCUT2D eigenvalue weighted by atomic mass is 35.5. The molecule has 1 saturated carbocycles. The Balaban J connectivity index is 1.71. The molecule has 1 aliphatic carbocycles. The number of pyridine rings is 1. The molecule has 3 N–H and O–H groups in total. The average molecular weight is 426 g/mol. The molecule has 1 amide bonds. The lowest BCUT2D eigenvalue weighted by Crippen LogP contribution is -2.22. The van der Waals surface area contributed by atoms with Gasteiger partial charge in [0, 0.05) is 12.7 Å². The minimum absolute atomic E-state index is 0.0399. The van der Waals surface area contributed by atoms with Gasteiger partial charge in [0.05, 0.1) is 28.0 Å². The monoisotopic (exact) mass is 425 g/mol. The molecule has 156 valence electrons. The number of nitrogens with two attached hydrogens (primary N) is 1. The lowest BCUT2D eigenvalue weighted by molar-refractivity contribution is -0.137. The third kappa shape index (κ3) is 5.01. The van der Waals surface area contributed by atoms with Crippen molar-refractivity contribution in [3.63, 3.8) is 0 Å². The topological polar surface area (TPSA) is 68.0 Å². The molecule has 3 rings (SSSR count). The van der Waals surface area contributed by atoms with Gasteiger partial charge in [-0.2, -0.15) is 13.2 Å². The van der Waals surface area contributed by atoms with E-state index in [9.17, 15) is 18.0 Å². The number of carbonyl (C=O) groups is 1. The second kappa shape index (κ2) is 8.61. The van der Waals surface area contributed by atoms with Crippen LogP contribution in [0.15, 0.2) is 30.6 Å². The molecule has 0 spiro atoms. The number of amides is 1. The Kier molecular flexibility index (Phi) is 6.36. The van der Waals surface area contributed by atoms with E-state index in [2.05, 4.69) is 10.3 Å². The number of benzene rings is 1. The highest BCUT2D eigenvalue weighted by molar-refractivity contribution is 6.34. The molecular formula is C21H23ClF3N3O. The van der Waals surface area contributed by atoms with E-state index in [-0.39, 0.29) is 16.5 Å². The first-order chi connectivity index (χ1) is 13.7. The van der Waals surface area contributed by atoms with Crippen molar-refractivity contribution in [1.82, 2.24) is 4.98 Å². The van der Waals surface area contributed by atoms with Gasteiger partial charge in [0.2, 0.25) is 5.91 Å². The summed E-state index contributed by atoms with van der Waals surface area (Å²) in [6.45, 7) is 2.79. The van der Waals surface area contributed by atoms with Gasteiger partial charge in [0.1, 0.15) is 0 Å². The lowest BCUT2D eigenvalue weighted by Gasteiger charge is -2.30. The van der Waals surface area contributed by atoms with Gasteiger partial charge in [-0.3, -0.25) is 9.78 Å². The minimum Gasteiger partial charge on any atom is -0.383 e. The fraction of sp³-hybridized carbons (Fsp3) is 0.429. The van der Waals surface area contributed by atoms with Crippen LogP contribution in [0.2, 0.25) is 5.02 Å². The zero-order chi connectivity index (χ0) is 21.2. The van der Waals surface area contributed by atoms with Crippen molar-refractivity contribution in [3.05, 3.63) is 57.9 Å². The number of alkyl halides is 3. The number of halogens is 4. The van der Waals surface area contributed by atoms with Gasteiger partial charge in [-0.25, -0.2) is 0 Å². The van der Waals surface area contributed by atoms with E-state index >= 15 is 0 Å². The van der Waals surface area contributed by atoms with Crippen LogP contribution in [-0.2, 0) is 6.18 Å². The SMILES string of the molecule is Cc1ccncc1NCC1CCC(c2cc(C(F)(F)F)cc(C(N)=O)c2Cl)CC1. The van der Waals surface area contributed by atoms with Crippen molar-refractivity contribution in [3.8, 4) is 0 Å². The second-order valence-electron chi connectivity index (χ2n) is 7.58. The number of aromatic nitrogens is 1. The van der Waals surface area contributed by atoms with Gasteiger partial charge < -0.3 is 11.1 Å². The Morgan fingerprint density at radius 3 is 2.55 bits per heavy atom. The first-order valence-corrected chi connectivity index (χ1v) is 9.89. The molecule has 1 aromatic carbocycles. The van der Waals surface area contributed by atoms with Crippen LogP contribution in [0.1, 0.15) is 58.6 Å². The summed E-state index contributed by atoms with van der Waals surface area (Å²) in [6, 6.07) is 3.74. The summed E-state index contributed by atoms with van der Waals surface area (Å²) in [4.78, 5) is 15.7. The predicted molar refractivity (Wildman–Crippen MR) is 107 cm³/mol. The van der Waals surface area contributed by atoms with Crippen molar-refractivity contribution in [1.29, 1.82) is 0 Å². The molecule has 4 nitrogen and oxygen atoms in total. The molecule has 0 radical (unpaired) electrons. The van der Waals surface area contributed by atoms with Crippen LogP contribution in [0.4, 0.5) is 18.9 Å². The number of hydrogen-bond acceptors (Lipinski definition) is 3. The number of aryl methyl sites for hydroxylation is 1. The third-order valence-corrected chi connectivity index (χ3v) is 6.02. The normalized spacial score (nSPS) is 19.8. The highest BCUT2D eigenvalue weighted by Gasteiger charge is 2.34. The number of primary amides is 1. The second-order valence-corrected chi connectivity index (χ2v) is 7.96. The van der Waals surface area contributed by atoms with Crippen LogP contribution >= 0.6 is 11.6 Å². The van der Waals surface area contributed by atoms with Gasteiger partial charge in [-0.1, -0.05) is 11.6 Å². The zero-order valence-corrected chi connectivity index (χ0v) is 16.8. The van der Waals surface area contributed by atoms with Gasteiger partial charge in [0.15, 0.2) is 0 Å². The van der Waals surface area contributed by atoms with Gasteiger partial charge in [-0.05, 0) is 73.8 Å². The lowest BCUT2D eigenvalue weighted by atomic mass is 9.78.